The number of hydrogen-bond acceptors (Lipinski definition) is 5. The van der Waals surface area contributed by atoms with E-state index in [1.807, 2.05) is 12.1 Å². The van der Waals surface area contributed by atoms with Crippen molar-refractivity contribution in [3.05, 3.63) is 30.4 Å². The van der Waals surface area contributed by atoms with Gasteiger partial charge in [0.05, 0.1) is 0 Å². The maximum Gasteiger partial charge on any atom is 0.247 e. The van der Waals surface area contributed by atoms with Crippen molar-refractivity contribution in [2.75, 3.05) is 13.1 Å². The zero-order valence-electron chi connectivity index (χ0n) is 9.18. The fourth-order valence-corrected chi connectivity index (χ4v) is 1.34. The van der Waals surface area contributed by atoms with E-state index in [0.717, 1.165) is 25.1 Å². The van der Waals surface area contributed by atoms with E-state index in [2.05, 4.69) is 27.4 Å². The van der Waals surface area contributed by atoms with Gasteiger partial charge in [0.1, 0.15) is 0 Å². The van der Waals surface area contributed by atoms with E-state index in [4.69, 9.17) is 4.42 Å². The molecule has 0 fully saturated rings. The average molecular weight is 218 g/mol. The molecule has 1 N–H and O–H groups in total. The largest absolute Gasteiger partial charge is 0.421 e. The summed E-state index contributed by atoms with van der Waals surface area (Å²) >= 11 is 0. The Balaban J connectivity index is 2.02. The SMILES string of the molecule is CCNCCc1nnc(-c2ccncc2)o1. The Kier molecular flexibility index (Phi) is 3.61. The second-order valence-corrected chi connectivity index (χ2v) is 3.34. The second-order valence-electron chi connectivity index (χ2n) is 3.34. The molecule has 0 unspecified atom stereocenters. The highest BCUT2D eigenvalue weighted by Gasteiger charge is 2.07. The summed E-state index contributed by atoms with van der Waals surface area (Å²) in [6.07, 6.45) is 4.17. The standard InChI is InChI=1S/C11H14N4O/c1-2-12-8-5-10-14-15-11(16-10)9-3-6-13-7-4-9/h3-4,6-7,12H,2,5,8H2,1H3. The van der Waals surface area contributed by atoms with Crippen LogP contribution in [0.1, 0.15) is 12.8 Å². The highest BCUT2D eigenvalue weighted by molar-refractivity contribution is 5.50. The molecule has 2 aromatic heterocycles. The van der Waals surface area contributed by atoms with Crippen LogP contribution >= 0.6 is 0 Å². The third kappa shape index (κ3) is 2.64. The Bertz CT molecular complexity index is 427. The molecule has 5 heteroatoms. The van der Waals surface area contributed by atoms with Gasteiger partial charge in [0, 0.05) is 30.9 Å². The molecule has 0 aromatic carbocycles. The molecule has 84 valence electrons. The van der Waals surface area contributed by atoms with Crippen molar-refractivity contribution in [1.82, 2.24) is 20.5 Å². The van der Waals surface area contributed by atoms with E-state index in [1.54, 1.807) is 12.4 Å². The zero-order chi connectivity index (χ0) is 11.2. The molecule has 5 nitrogen and oxygen atoms in total. The van der Waals surface area contributed by atoms with Crippen LogP contribution in [0.25, 0.3) is 11.5 Å². The van der Waals surface area contributed by atoms with Crippen LogP contribution in [-0.2, 0) is 6.42 Å². The van der Waals surface area contributed by atoms with Gasteiger partial charge in [-0.15, -0.1) is 10.2 Å². The molecule has 0 aliphatic heterocycles. The van der Waals surface area contributed by atoms with Crippen LogP contribution in [0, 0.1) is 0 Å². The number of likely N-dealkylation sites (N-methyl/N-ethyl adjacent to an activating group) is 1. The van der Waals surface area contributed by atoms with E-state index >= 15 is 0 Å². The molecule has 0 atom stereocenters. The van der Waals surface area contributed by atoms with Gasteiger partial charge in [-0.3, -0.25) is 4.98 Å². The van der Waals surface area contributed by atoms with Gasteiger partial charge >= 0.3 is 0 Å². The minimum Gasteiger partial charge on any atom is -0.421 e. The Morgan fingerprint density at radius 3 is 2.81 bits per heavy atom. The highest BCUT2D eigenvalue weighted by Crippen LogP contribution is 2.15. The van der Waals surface area contributed by atoms with E-state index in [1.165, 1.54) is 0 Å². The first kappa shape index (κ1) is 10.8. The monoisotopic (exact) mass is 218 g/mol. The lowest BCUT2D eigenvalue weighted by atomic mass is 10.3. The predicted molar refractivity (Wildman–Crippen MR) is 59.8 cm³/mol. The maximum absolute atomic E-state index is 5.53. The van der Waals surface area contributed by atoms with E-state index in [9.17, 15) is 0 Å². The minimum atomic E-state index is 0.550. The van der Waals surface area contributed by atoms with Crippen LogP contribution in [0.4, 0.5) is 0 Å². The predicted octanol–water partition coefficient (Wildman–Crippen LogP) is 1.28. The molecule has 2 heterocycles. The number of pyridine rings is 1. The van der Waals surface area contributed by atoms with Gasteiger partial charge in [-0.25, -0.2) is 0 Å². The first-order valence-corrected chi connectivity index (χ1v) is 5.33. The molecular weight excluding hydrogens is 204 g/mol. The minimum absolute atomic E-state index is 0.550. The molecule has 0 bridgehead atoms. The molecule has 2 rings (SSSR count). The van der Waals surface area contributed by atoms with Crippen molar-refractivity contribution in [2.24, 2.45) is 0 Å². The van der Waals surface area contributed by atoms with Crippen molar-refractivity contribution in [3.8, 4) is 11.5 Å². The van der Waals surface area contributed by atoms with Crippen LogP contribution < -0.4 is 5.32 Å². The molecular formula is C11H14N4O. The molecule has 0 saturated heterocycles. The summed E-state index contributed by atoms with van der Waals surface area (Å²) in [5.74, 6) is 1.21. The van der Waals surface area contributed by atoms with Crippen LogP contribution in [0.5, 0.6) is 0 Å². The van der Waals surface area contributed by atoms with Crippen molar-refractivity contribution in [2.45, 2.75) is 13.3 Å². The Hall–Kier alpha value is -1.75. The van der Waals surface area contributed by atoms with Gasteiger partial charge in [0.2, 0.25) is 11.8 Å². The molecule has 0 amide bonds. The van der Waals surface area contributed by atoms with E-state index in [-0.39, 0.29) is 0 Å². The second kappa shape index (κ2) is 5.37. The highest BCUT2D eigenvalue weighted by atomic mass is 16.4. The number of aromatic nitrogens is 3. The Morgan fingerprint density at radius 2 is 2.06 bits per heavy atom. The molecule has 16 heavy (non-hydrogen) atoms. The van der Waals surface area contributed by atoms with Crippen LogP contribution in [0.15, 0.2) is 28.9 Å². The summed E-state index contributed by atoms with van der Waals surface area (Å²) in [6.45, 7) is 3.87. The normalized spacial score (nSPS) is 10.6. The van der Waals surface area contributed by atoms with Crippen LogP contribution in [0.2, 0.25) is 0 Å². The molecule has 0 aliphatic carbocycles. The Labute approximate surface area is 93.9 Å². The fraction of sp³-hybridized carbons (Fsp3) is 0.364. The summed E-state index contributed by atoms with van der Waals surface area (Å²) in [5.41, 5.74) is 0.900. The van der Waals surface area contributed by atoms with Crippen molar-refractivity contribution < 1.29 is 4.42 Å². The number of nitrogens with one attached hydrogen (secondary N) is 1. The lowest BCUT2D eigenvalue weighted by Crippen LogP contribution is -2.16. The topological polar surface area (TPSA) is 63.8 Å². The first-order chi connectivity index (χ1) is 7.90. The summed E-state index contributed by atoms with van der Waals surface area (Å²) in [5, 5.41) is 11.2. The van der Waals surface area contributed by atoms with E-state index < -0.39 is 0 Å². The van der Waals surface area contributed by atoms with Gasteiger partial charge in [0.15, 0.2) is 0 Å². The third-order valence-corrected chi connectivity index (χ3v) is 2.16. The maximum atomic E-state index is 5.53. The molecule has 0 spiro atoms. The molecule has 2 aromatic rings. The number of rotatable bonds is 5. The lowest BCUT2D eigenvalue weighted by Gasteiger charge is -1.96. The lowest BCUT2D eigenvalue weighted by molar-refractivity contribution is 0.496. The summed E-state index contributed by atoms with van der Waals surface area (Å²) < 4.78 is 5.53. The third-order valence-electron chi connectivity index (χ3n) is 2.16. The quantitative estimate of drug-likeness (QED) is 0.766. The number of nitrogens with zero attached hydrogens (tertiary/aromatic N) is 3. The fourth-order valence-electron chi connectivity index (χ4n) is 1.34. The van der Waals surface area contributed by atoms with Crippen molar-refractivity contribution in [3.63, 3.8) is 0 Å². The van der Waals surface area contributed by atoms with Crippen molar-refractivity contribution >= 4 is 0 Å². The Morgan fingerprint density at radius 1 is 1.25 bits per heavy atom. The number of hydrogen-bond donors (Lipinski definition) is 1. The smallest absolute Gasteiger partial charge is 0.247 e. The molecule has 0 aliphatic rings. The van der Waals surface area contributed by atoms with Gasteiger partial charge in [-0.2, -0.15) is 0 Å². The first-order valence-electron chi connectivity index (χ1n) is 5.33. The van der Waals surface area contributed by atoms with Gasteiger partial charge in [0.25, 0.3) is 0 Å². The van der Waals surface area contributed by atoms with E-state index in [0.29, 0.717) is 11.8 Å². The van der Waals surface area contributed by atoms with Crippen LogP contribution in [0.3, 0.4) is 0 Å². The van der Waals surface area contributed by atoms with Gasteiger partial charge in [-0.05, 0) is 18.7 Å². The summed E-state index contributed by atoms with van der Waals surface area (Å²) in [4.78, 5) is 3.94. The summed E-state index contributed by atoms with van der Waals surface area (Å²) in [6, 6.07) is 3.70. The summed E-state index contributed by atoms with van der Waals surface area (Å²) in [7, 11) is 0. The average Bonchev–Trinajstić information content (AvgIpc) is 2.79. The van der Waals surface area contributed by atoms with Gasteiger partial charge < -0.3 is 9.73 Å². The molecule has 0 radical (unpaired) electrons. The zero-order valence-corrected chi connectivity index (χ0v) is 9.18. The van der Waals surface area contributed by atoms with Crippen LogP contribution in [-0.4, -0.2) is 28.3 Å². The van der Waals surface area contributed by atoms with Crippen molar-refractivity contribution in [1.29, 1.82) is 0 Å². The van der Waals surface area contributed by atoms with Gasteiger partial charge in [-0.1, -0.05) is 6.92 Å². The molecule has 0 saturated carbocycles.